The molecule has 0 aromatic heterocycles. The third kappa shape index (κ3) is 4.31. The van der Waals surface area contributed by atoms with Gasteiger partial charge in [0.2, 0.25) is 15.9 Å². The van der Waals surface area contributed by atoms with Crippen LogP contribution >= 0.6 is 0 Å². The molecule has 1 N–H and O–H groups in total. The molecule has 144 valence electrons. The van der Waals surface area contributed by atoms with Crippen LogP contribution in [-0.2, 0) is 14.8 Å². The van der Waals surface area contributed by atoms with Gasteiger partial charge in [0.25, 0.3) is 5.69 Å². The number of nitro groups is 1. The first-order valence-electron chi connectivity index (χ1n) is 8.37. The summed E-state index contributed by atoms with van der Waals surface area (Å²) in [5.41, 5.74) is -0.160. The van der Waals surface area contributed by atoms with Gasteiger partial charge in [0.1, 0.15) is 5.69 Å². The zero-order chi connectivity index (χ0) is 19.5. The third-order valence-corrected chi connectivity index (χ3v) is 6.33. The summed E-state index contributed by atoms with van der Waals surface area (Å²) in [6.07, 6.45) is 1.74. The Morgan fingerprint density at radius 2 is 2.15 bits per heavy atom. The van der Waals surface area contributed by atoms with Crippen LogP contribution in [0, 0.1) is 16.0 Å². The Labute approximate surface area is 153 Å². The van der Waals surface area contributed by atoms with Crippen LogP contribution in [0.4, 0.5) is 11.4 Å². The number of hydrogen-bond acceptors (Lipinski definition) is 6. The highest BCUT2D eigenvalue weighted by Gasteiger charge is 2.31. The topological polar surface area (TPSA) is 113 Å². The van der Waals surface area contributed by atoms with E-state index in [-0.39, 0.29) is 34.6 Å². The zero-order valence-corrected chi connectivity index (χ0v) is 16.0. The Morgan fingerprint density at radius 1 is 1.46 bits per heavy atom. The molecule has 1 saturated heterocycles. The number of amides is 1. The van der Waals surface area contributed by atoms with Crippen molar-refractivity contribution in [2.24, 2.45) is 5.92 Å². The normalized spacial score (nSPS) is 18.3. The fourth-order valence-electron chi connectivity index (χ4n) is 3.03. The number of nitrogens with zero attached hydrogens (tertiary/aromatic N) is 3. The van der Waals surface area contributed by atoms with Crippen LogP contribution in [0.2, 0.25) is 0 Å². The fourth-order valence-corrected chi connectivity index (χ4v) is 4.64. The number of carbonyl (C=O) groups is 1. The van der Waals surface area contributed by atoms with Crippen LogP contribution in [0.5, 0.6) is 0 Å². The summed E-state index contributed by atoms with van der Waals surface area (Å²) in [5.74, 6) is -0.0488. The van der Waals surface area contributed by atoms with E-state index in [0.29, 0.717) is 13.1 Å². The number of nitrogens with one attached hydrogen (secondary N) is 1. The lowest BCUT2D eigenvalue weighted by Crippen LogP contribution is -2.39. The van der Waals surface area contributed by atoms with Crippen LogP contribution in [-0.4, -0.2) is 57.3 Å². The molecule has 1 aliphatic rings. The maximum Gasteiger partial charge on any atom is 0.293 e. The molecule has 1 fully saturated rings. The van der Waals surface area contributed by atoms with Crippen molar-refractivity contribution >= 4 is 27.3 Å². The van der Waals surface area contributed by atoms with Gasteiger partial charge in [-0.15, -0.1) is 0 Å². The summed E-state index contributed by atoms with van der Waals surface area (Å²) in [7, 11) is -0.778. The van der Waals surface area contributed by atoms with Gasteiger partial charge < -0.3 is 10.2 Å². The lowest BCUT2D eigenvalue weighted by Gasteiger charge is -2.30. The number of rotatable bonds is 6. The molecule has 2 rings (SSSR count). The number of anilines is 1. The number of benzene rings is 1. The third-order valence-electron chi connectivity index (χ3n) is 4.47. The van der Waals surface area contributed by atoms with E-state index >= 15 is 0 Å². The van der Waals surface area contributed by atoms with Gasteiger partial charge >= 0.3 is 0 Å². The smallest absolute Gasteiger partial charge is 0.293 e. The molecule has 1 aromatic carbocycles. The first-order chi connectivity index (χ1) is 12.2. The van der Waals surface area contributed by atoms with Gasteiger partial charge in [-0.25, -0.2) is 8.42 Å². The van der Waals surface area contributed by atoms with E-state index in [1.165, 1.54) is 35.4 Å². The summed E-state index contributed by atoms with van der Waals surface area (Å²) in [5, 5.41) is 13.9. The van der Waals surface area contributed by atoms with E-state index in [0.717, 1.165) is 18.9 Å². The van der Waals surface area contributed by atoms with E-state index in [1.807, 2.05) is 6.92 Å². The fraction of sp³-hybridized carbons (Fsp3) is 0.562. The van der Waals surface area contributed by atoms with Crippen molar-refractivity contribution in [2.45, 2.75) is 24.7 Å². The SMILES string of the molecule is CNC(=O)CN(C)c1ccc(S(=O)(=O)N2CCC[C@H](C)C2)cc1[N+](=O)[O-]. The Kier molecular flexibility index (Phi) is 6.19. The average Bonchev–Trinajstić information content (AvgIpc) is 2.60. The van der Waals surface area contributed by atoms with Gasteiger partial charge in [0, 0.05) is 33.3 Å². The second kappa shape index (κ2) is 8.00. The summed E-state index contributed by atoms with van der Waals surface area (Å²) in [6.45, 7) is 2.74. The Hall–Kier alpha value is -2.20. The first kappa shape index (κ1) is 20.1. The minimum atomic E-state index is -3.79. The Balaban J connectivity index is 2.38. The first-order valence-corrected chi connectivity index (χ1v) is 9.81. The molecule has 10 heteroatoms. The van der Waals surface area contributed by atoms with Crippen LogP contribution in [0.3, 0.4) is 0 Å². The quantitative estimate of drug-likeness (QED) is 0.582. The van der Waals surface area contributed by atoms with Crippen molar-refractivity contribution in [1.29, 1.82) is 0 Å². The van der Waals surface area contributed by atoms with Gasteiger partial charge in [-0.1, -0.05) is 6.92 Å². The van der Waals surface area contributed by atoms with Gasteiger partial charge in [-0.2, -0.15) is 4.31 Å². The largest absolute Gasteiger partial charge is 0.360 e. The van der Waals surface area contributed by atoms with Crippen LogP contribution in [0.1, 0.15) is 19.8 Å². The molecule has 1 atom stereocenters. The molecule has 1 aliphatic heterocycles. The predicted octanol–water partition coefficient (Wildman–Crippen LogP) is 1.20. The molecular formula is C16H24N4O5S. The standard InChI is InChI=1S/C16H24N4O5S/c1-12-5-4-8-19(10-12)26(24,25)13-6-7-14(15(9-13)20(22)23)18(3)11-16(21)17-2/h6-7,9,12H,4-5,8,10-11H2,1-3H3,(H,17,21)/t12-/m0/s1. The van der Waals surface area contributed by atoms with E-state index in [2.05, 4.69) is 5.32 Å². The molecule has 0 bridgehead atoms. The van der Waals surface area contributed by atoms with Crippen LogP contribution < -0.4 is 10.2 Å². The summed E-state index contributed by atoms with van der Waals surface area (Å²) in [6, 6.07) is 3.81. The molecule has 0 unspecified atom stereocenters. The number of likely N-dealkylation sites (N-methyl/N-ethyl adjacent to an activating group) is 2. The number of piperidine rings is 1. The van der Waals surface area contributed by atoms with Crippen molar-refractivity contribution in [3.8, 4) is 0 Å². The monoisotopic (exact) mass is 384 g/mol. The molecule has 1 aromatic rings. The molecule has 26 heavy (non-hydrogen) atoms. The molecule has 0 saturated carbocycles. The second-order valence-electron chi connectivity index (χ2n) is 6.55. The molecule has 0 radical (unpaired) electrons. The maximum atomic E-state index is 12.8. The van der Waals surface area contributed by atoms with Crippen molar-refractivity contribution in [2.75, 3.05) is 38.6 Å². The molecular weight excluding hydrogens is 360 g/mol. The maximum absolute atomic E-state index is 12.8. The molecule has 1 amide bonds. The summed E-state index contributed by atoms with van der Waals surface area (Å²) < 4.78 is 27.1. The number of nitro benzene ring substituents is 1. The van der Waals surface area contributed by atoms with E-state index in [4.69, 9.17) is 0 Å². The predicted molar refractivity (Wildman–Crippen MR) is 97.6 cm³/mol. The van der Waals surface area contributed by atoms with E-state index < -0.39 is 14.9 Å². The molecule has 0 aliphatic carbocycles. The lowest BCUT2D eigenvalue weighted by molar-refractivity contribution is -0.384. The van der Waals surface area contributed by atoms with Crippen LogP contribution in [0.15, 0.2) is 23.1 Å². The Bertz CT molecular complexity index is 796. The second-order valence-corrected chi connectivity index (χ2v) is 8.49. The van der Waals surface area contributed by atoms with Crippen molar-refractivity contribution in [3.63, 3.8) is 0 Å². The van der Waals surface area contributed by atoms with E-state index in [9.17, 15) is 23.3 Å². The number of carbonyl (C=O) groups excluding carboxylic acids is 1. The minimum Gasteiger partial charge on any atom is -0.360 e. The number of hydrogen-bond donors (Lipinski definition) is 1. The van der Waals surface area contributed by atoms with E-state index in [1.54, 1.807) is 0 Å². The van der Waals surface area contributed by atoms with Gasteiger partial charge in [-0.05, 0) is 30.9 Å². The lowest BCUT2D eigenvalue weighted by atomic mass is 10.0. The minimum absolute atomic E-state index is 0.0763. The van der Waals surface area contributed by atoms with Gasteiger partial charge in [-0.3, -0.25) is 14.9 Å². The van der Waals surface area contributed by atoms with Gasteiger partial charge in [0.05, 0.1) is 16.4 Å². The van der Waals surface area contributed by atoms with Crippen molar-refractivity contribution in [1.82, 2.24) is 9.62 Å². The van der Waals surface area contributed by atoms with Crippen LogP contribution in [0.25, 0.3) is 0 Å². The number of sulfonamides is 1. The average molecular weight is 384 g/mol. The highest BCUT2D eigenvalue weighted by Crippen LogP contribution is 2.32. The molecule has 0 spiro atoms. The van der Waals surface area contributed by atoms with Crippen molar-refractivity contribution < 1.29 is 18.1 Å². The zero-order valence-electron chi connectivity index (χ0n) is 15.1. The van der Waals surface area contributed by atoms with Crippen molar-refractivity contribution in [3.05, 3.63) is 28.3 Å². The highest BCUT2D eigenvalue weighted by atomic mass is 32.2. The summed E-state index contributed by atoms with van der Waals surface area (Å²) >= 11 is 0. The molecule has 9 nitrogen and oxygen atoms in total. The summed E-state index contributed by atoms with van der Waals surface area (Å²) in [4.78, 5) is 23.7. The molecule has 1 heterocycles. The highest BCUT2D eigenvalue weighted by molar-refractivity contribution is 7.89. The van der Waals surface area contributed by atoms with Gasteiger partial charge in [0.15, 0.2) is 0 Å². The Morgan fingerprint density at radius 3 is 2.73 bits per heavy atom.